The van der Waals surface area contributed by atoms with Gasteiger partial charge in [-0.2, -0.15) is 0 Å². The van der Waals surface area contributed by atoms with Crippen molar-refractivity contribution in [3.63, 3.8) is 0 Å². The molecule has 1 aromatic carbocycles. The predicted molar refractivity (Wildman–Crippen MR) is 78.7 cm³/mol. The van der Waals surface area contributed by atoms with E-state index in [2.05, 4.69) is 80.7 Å². The molecule has 0 saturated heterocycles. The van der Waals surface area contributed by atoms with Crippen LogP contribution in [-0.4, -0.2) is 12.1 Å². The summed E-state index contributed by atoms with van der Waals surface area (Å²) in [5, 5.41) is 3.62. The summed E-state index contributed by atoms with van der Waals surface area (Å²) >= 11 is 0. The van der Waals surface area contributed by atoms with E-state index >= 15 is 0 Å². The lowest BCUT2D eigenvalue weighted by Crippen LogP contribution is -2.48. The summed E-state index contributed by atoms with van der Waals surface area (Å²) in [5.74, 6) is 1.00. The van der Waals surface area contributed by atoms with Gasteiger partial charge in [-0.1, -0.05) is 68.5 Å². The van der Waals surface area contributed by atoms with Crippen molar-refractivity contribution in [1.29, 1.82) is 0 Å². The number of hydrogen-bond acceptors (Lipinski definition) is 1. The van der Waals surface area contributed by atoms with E-state index < -0.39 is 0 Å². The number of hydrogen-bond donors (Lipinski definition) is 1. The maximum atomic E-state index is 3.62. The highest BCUT2D eigenvalue weighted by molar-refractivity contribution is 5.30. The fraction of sp³-hybridized carbons (Fsp3) is 0.412. The molecular weight excluding hydrogens is 218 g/mol. The standard InChI is InChI=1S/C17H23N/c1-4-18-17(3)13-9-8-12-16(17)14(2)15-10-6-5-7-11-15/h5-14,16,18H,4H2,1-3H3/t14?,16?,17-/m1/s1. The van der Waals surface area contributed by atoms with Crippen molar-refractivity contribution in [1.82, 2.24) is 5.32 Å². The van der Waals surface area contributed by atoms with Crippen molar-refractivity contribution in [3.8, 4) is 0 Å². The zero-order valence-corrected chi connectivity index (χ0v) is 11.6. The lowest BCUT2D eigenvalue weighted by Gasteiger charge is -2.39. The van der Waals surface area contributed by atoms with Gasteiger partial charge in [0.15, 0.2) is 0 Å². The van der Waals surface area contributed by atoms with E-state index in [1.54, 1.807) is 0 Å². The predicted octanol–water partition coefficient (Wildman–Crippen LogP) is 3.90. The Morgan fingerprint density at radius 1 is 1.22 bits per heavy atom. The third-order valence-electron chi connectivity index (χ3n) is 3.99. The third kappa shape index (κ3) is 2.56. The molecular formula is C17H23N. The molecule has 0 fully saturated rings. The molecule has 96 valence electrons. The minimum absolute atomic E-state index is 0.0543. The Hall–Kier alpha value is -1.34. The highest BCUT2D eigenvalue weighted by Crippen LogP contribution is 2.36. The van der Waals surface area contributed by atoms with Gasteiger partial charge in [0, 0.05) is 11.5 Å². The van der Waals surface area contributed by atoms with Crippen molar-refractivity contribution in [2.45, 2.75) is 32.2 Å². The van der Waals surface area contributed by atoms with Crippen molar-refractivity contribution in [3.05, 3.63) is 60.2 Å². The minimum Gasteiger partial charge on any atom is -0.308 e. The van der Waals surface area contributed by atoms with Crippen LogP contribution in [0.25, 0.3) is 0 Å². The zero-order chi connectivity index (χ0) is 13.0. The molecule has 1 aromatic rings. The summed E-state index contributed by atoms with van der Waals surface area (Å²) in [6, 6.07) is 10.8. The van der Waals surface area contributed by atoms with E-state index in [0.717, 1.165) is 6.54 Å². The molecule has 0 spiro atoms. The Morgan fingerprint density at radius 3 is 2.61 bits per heavy atom. The van der Waals surface area contributed by atoms with Crippen LogP contribution in [0.3, 0.4) is 0 Å². The lowest BCUT2D eigenvalue weighted by molar-refractivity contribution is 0.306. The number of benzene rings is 1. The van der Waals surface area contributed by atoms with Crippen LogP contribution in [0, 0.1) is 5.92 Å². The van der Waals surface area contributed by atoms with Gasteiger partial charge >= 0.3 is 0 Å². The van der Waals surface area contributed by atoms with Crippen LogP contribution in [0.2, 0.25) is 0 Å². The van der Waals surface area contributed by atoms with Crippen LogP contribution in [0.15, 0.2) is 54.6 Å². The highest BCUT2D eigenvalue weighted by atomic mass is 15.0. The molecule has 0 saturated carbocycles. The van der Waals surface area contributed by atoms with Crippen LogP contribution in [-0.2, 0) is 0 Å². The minimum atomic E-state index is 0.0543. The van der Waals surface area contributed by atoms with Gasteiger partial charge in [-0.15, -0.1) is 0 Å². The fourth-order valence-corrected chi connectivity index (χ4v) is 2.96. The van der Waals surface area contributed by atoms with Crippen molar-refractivity contribution >= 4 is 0 Å². The summed E-state index contributed by atoms with van der Waals surface area (Å²) in [7, 11) is 0. The number of likely N-dealkylation sites (N-methyl/N-ethyl adjacent to an activating group) is 1. The first-order valence-electron chi connectivity index (χ1n) is 6.83. The van der Waals surface area contributed by atoms with Gasteiger partial charge in [0.2, 0.25) is 0 Å². The quantitative estimate of drug-likeness (QED) is 0.843. The molecule has 2 unspecified atom stereocenters. The van der Waals surface area contributed by atoms with E-state index in [4.69, 9.17) is 0 Å². The van der Waals surface area contributed by atoms with Gasteiger partial charge in [0.25, 0.3) is 0 Å². The number of allylic oxidation sites excluding steroid dienone is 2. The normalized spacial score (nSPS) is 28.3. The van der Waals surface area contributed by atoms with E-state index in [1.165, 1.54) is 5.56 Å². The van der Waals surface area contributed by atoms with Gasteiger partial charge in [-0.25, -0.2) is 0 Å². The van der Waals surface area contributed by atoms with Crippen molar-refractivity contribution < 1.29 is 0 Å². The van der Waals surface area contributed by atoms with E-state index in [-0.39, 0.29) is 5.54 Å². The first-order valence-corrected chi connectivity index (χ1v) is 6.83. The summed E-state index contributed by atoms with van der Waals surface area (Å²) in [6.07, 6.45) is 8.95. The highest BCUT2D eigenvalue weighted by Gasteiger charge is 2.34. The zero-order valence-electron chi connectivity index (χ0n) is 11.6. The van der Waals surface area contributed by atoms with E-state index in [9.17, 15) is 0 Å². The van der Waals surface area contributed by atoms with Gasteiger partial charge in [-0.3, -0.25) is 0 Å². The number of rotatable bonds is 4. The molecule has 0 aromatic heterocycles. The lowest BCUT2D eigenvalue weighted by atomic mass is 9.72. The fourth-order valence-electron chi connectivity index (χ4n) is 2.96. The second-order valence-electron chi connectivity index (χ2n) is 5.28. The molecule has 3 atom stereocenters. The first kappa shape index (κ1) is 13.1. The second-order valence-corrected chi connectivity index (χ2v) is 5.28. The van der Waals surface area contributed by atoms with Crippen LogP contribution in [0.1, 0.15) is 32.3 Å². The maximum absolute atomic E-state index is 3.62. The van der Waals surface area contributed by atoms with Crippen LogP contribution in [0.5, 0.6) is 0 Å². The summed E-state index contributed by atoms with van der Waals surface area (Å²) in [6.45, 7) is 7.77. The largest absolute Gasteiger partial charge is 0.308 e. The average Bonchev–Trinajstić information content (AvgIpc) is 2.39. The first-order chi connectivity index (χ1) is 8.67. The van der Waals surface area contributed by atoms with Gasteiger partial charge < -0.3 is 5.32 Å². The van der Waals surface area contributed by atoms with Crippen molar-refractivity contribution in [2.75, 3.05) is 6.54 Å². The van der Waals surface area contributed by atoms with Crippen LogP contribution < -0.4 is 5.32 Å². The topological polar surface area (TPSA) is 12.0 Å². The SMILES string of the molecule is CCN[C@]1(C)C=CC=CC1C(C)c1ccccc1. The Bertz CT molecular complexity index is 432. The van der Waals surface area contributed by atoms with Crippen molar-refractivity contribution in [2.24, 2.45) is 5.92 Å². The maximum Gasteiger partial charge on any atom is 0.0407 e. The molecule has 1 aliphatic rings. The molecule has 1 aliphatic carbocycles. The average molecular weight is 241 g/mol. The summed E-state index contributed by atoms with van der Waals surface area (Å²) in [4.78, 5) is 0. The molecule has 0 heterocycles. The Morgan fingerprint density at radius 2 is 1.94 bits per heavy atom. The molecule has 0 bridgehead atoms. The summed E-state index contributed by atoms with van der Waals surface area (Å²) < 4.78 is 0. The monoisotopic (exact) mass is 241 g/mol. The van der Waals surface area contributed by atoms with Gasteiger partial charge in [0.1, 0.15) is 0 Å². The third-order valence-corrected chi connectivity index (χ3v) is 3.99. The molecule has 1 N–H and O–H groups in total. The Balaban J connectivity index is 2.25. The number of nitrogens with one attached hydrogen (secondary N) is 1. The molecule has 0 radical (unpaired) electrons. The van der Waals surface area contributed by atoms with E-state index in [0.29, 0.717) is 11.8 Å². The molecule has 1 heteroatoms. The van der Waals surface area contributed by atoms with Crippen LogP contribution >= 0.6 is 0 Å². The Kier molecular flexibility index (Phi) is 4.03. The molecule has 18 heavy (non-hydrogen) atoms. The molecule has 0 aliphatic heterocycles. The van der Waals surface area contributed by atoms with Crippen LogP contribution in [0.4, 0.5) is 0 Å². The molecule has 0 amide bonds. The second kappa shape index (κ2) is 5.53. The smallest absolute Gasteiger partial charge is 0.0407 e. The molecule has 2 rings (SSSR count). The summed E-state index contributed by atoms with van der Waals surface area (Å²) in [5.41, 5.74) is 1.46. The Labute approximate surface area is 111 Å². The van der Waals surface area contributed by atoms with Gasteiger partial charge in [0.05, 0.1) is 0 Å². The van der Waals surface area contributed by atoms with E-state index in [1.807, 2.05) is 0 Å². The van der Waals surface area contributed by atoms with Gasteiger partial charge in [-0.05, 0) is 24.9 Å². The molecule has 1 nitrogen and oxygen atoms in total.